The van der Waals surface area contributed by atoms with Crippen LogP contribution in [0.3, 0.4) is 0 Å². The maximum absolute atomic E-state index is 5.14. The average Bonchev–Trinajstić information content (AvgIpc) is 2.72. The Bertz CT molecular complexity index is 859. The molecule has 138 valence electrons. The molecule has 0 saturated heterocycles. The van der Waals surface area contributed by atoms with Gasteiger partial charge in [0.05, 0.1) is 5.71 Å². The van der Waals surface area contributed by atoms with Crippen molar-refractivity contribution in [3.63, 3.8) is 0 Å². The monoisotopic (exact) mass is 359 g/mol. The number of aromatic nitrogens is 1. The summed E-state index contributed by atoms with van der Waals surface area (Å²) in [5.41, 5.74) is 5.63. The number of hydrogen-bond acceptors (Lipinski definition) is 4. The summed E-state index contributed by atoms with van der Waals surface area (Å²) in [5.74, 6) is 0.185. The van der Waals surface area contributed by atoms with Crippen LogP contribution in [0.5, 0.6) is 0 Å². The minimum absolute atomic E-state index is 0.185. The molecule has 0 aliphatic carbocycles. The molecule has 1 unspecified atom stereocenters. The standard InChI is InChI=1S/C23H25N3O/c1-26(2)21-11-9-19(10-12-21)22(18-7-5-4-6-8-18)17-23(25-27-3)20-13-15-24-16-14-20/h4-16,22H,17H2,1-3H3/b25-23+. The third-order valence-corrected chi connectivity index (χ3v) is 4.63. The zero-order valence-electron chi connectivity index (χ0n) is 16.0. The second-order valence-corrected chi connectivity index (χ2v) is 6.61. The van der Waals surface area contributed by atoms with Gasteiger partial charge in [-0.05, 0) is 35.4 Å². The molecule has 0 spiro atoms. The van der Waals surface area contributed by atoms with E-state index in [-0.39, 0.29) is 5.92 Å². The van der Waals surface area contributed by atoms with E-state index in [2.05, 4.69) is 77.7 Å². The van der Waals surface area contributed by atoms with Crippen molar-refractivity contribution in [1.29, 1.82) is 0 Å². The highest BCUT2D eigenvalue weighted by Gasteiger charge is 2.19. The first kappa shape index (κ1) is 18.6. The van der Waals surface area contributed by atoms with Crippen molar-refractivity contribution in [2.24, 2.45) is 5.16 Å². The average molecular weight is 359 g/mol. The Morgan fingerprint density at radius 2 is 1.56 bits per heavy atom. The van der Waals surface area contributed by atoms with E-state index in [0.717, 1.165) is 17.7 Å². The van der Waals surface area contributed by atoms with E-state index < -0.39 is 0 Å². The van der Waals surface area contributed by atoms with E-state index in [1.165, 1.54) is 16.8 Å². The summed E-state index contributed by atoms with van der Waals surface area (Å²) in [6, 6.07) is 23.2. The van der Waals surface area contributed by atoms with Crippen LogP contribution in [0.25, 0.3) is 0 Å². The molecule has 0 aliphatic rings. The third-order valence-electron chi connectivity index (χ3n) is 4.63. The Kier molecular flexibility index (Phi) is 6.21. The molecule has 27 heavy (non-hydrogen) atoms. The van der Waals surface area contributed by atoms with Crippen molar-refractivity contribution in [2.75, 3.05) is 26.1 Å². The van der Waals surface area contributed by atoms with Gasteiger partial charge in [-0.2, -0.15) is 0 Å². The van der Waals surface area contributed by atoms with Crippen LogP contribution >= 0.6 is 0 Å². The quantitative estimate of drug-likeness (QED) is 0.452. The topological polar surface area (TPSA) is 37.7 Å². The molecule has 4 nitrogen and oxygen atoms in total. The Morgan fingerprint density at radius 3 is 2.15 bits per heavy atom. The molecule has 0 aliphatic heterocycles. The van der Waals surface area contributed by atoms with Crippen LogP contribution in [0.15, 0.2) is 84.3 Å². The lowest BCUT2D eigenvalue weighted by Gasteiger charge is -2.20. The molecular weight excluding hydrogens is 334 g/mol. The zero-order valence-corrected chi connectivity index (χ0v) is 16.0. The van der Waals surface area contributed by atoms with Gasteiger partial charge in [0.15, 0.2) is 0 Å². The Balaban J connectivity index is 1.98. The van der Waals surface area contributed by atoms with Gasteiger partial charge in [0.1, 0.15) is 7.11 Å². The van der Waals surface area contributed by atoms with E-state index in [0.29, 0.717) is 0 Å². The fraction of sp³-hybridized carbons (Fsp3) is 0.217. The summed E-state index contributed by atoms with van der Waals surface area (Å²) >= 11 is 0. The number of nitrogens with zero attached hydrogens (tertiary/aromatic N) is 3. The molecule has 0 saturated carbocycles. The van der Waals surface area contributed by atoms with Crippen LogP contribution in [0.2, 0.25) is 0 Å². The summed E-state index contributed by atoms with van der Waals surface area (Å²) < 4.78 is 0. The number of hydrogen-bond donors (Lipinski definition) is 0. The highest BCUT2D eigenvalue weighted by molar-refractivity contribution is 6.00. The lowest BCUT2D eigenvalue weighted by atomic mass is 9.85. The molecule has 1 heterocycles. The summed E-state index contributed by atoms with van der Waals surface area (Å²) in [6.45, 7) is 0. The first-order valence-corrected chi connectivity index (χ1v) is 9.01. The van der Waals surface area contributed by atoms with E-state index >= 15 is 0 Å². The Labute approximate surface area is 161 Å². The van der Waals surface area contributed by atoms with Gasteiger partial charge in [0, 0.05) is 50.1 Å². The summed E-state index contributed by atoms with van der Waals surface area (Å²) in [5, 5.41) is 4.31. The molecule has 3 rings (SSSR count). The number of benzene rings is 2. The molecule has 0 fully saturated rings. The zero-order chi connectivity index (χ0) is 19.1. The van der Waals surface area contributed by atoms with Gasteiger partial charge < -0.3 is 9.74 Å². The molecule has 0 radical (unpaired) electrons. The molecule has 0 bridgehead atoms. The molecule has 4 heteroatoms. The molecule has 1 aromatic heterocycles. The van der Waals surface area contributed by atoms with Crippen LogP contribution in [0.4, 0.5) is 5.69 Å². The van der Waals surface area contributed by atoms with Gasteiger partial charge in [-0.3, -0.25) is 4.98 Å². The molecular formula is C23H25N3O. The number of oxime groups is 1. The Morgan fingerprint density at radius 1 is 0.926 bits per heavy atom. The van der Waals surface area contributed by atoms with Crippen molar-refractivity contribution in [3.8, 4) is 0 Å². The second kappa shape index (κ2) is 8.99. The van der Waals surface area contributed by atoms with Gasteiger partial charge >= 0.3 is 0 Å². The molecule has 2 aromatic carbocycles. The molecule has 1 atom stereocenters. The van der Waals surface area contributed by atoms with Gasteiger partial charge in [-0.1, -0.05) is 47.6 Å². The summed E-state index contributed by atoms with van der Waals surface area (Å²) in [6.07, 6.45) is 4.30. The first-order valence-electron chi connectivity index (χ1n) is 9.01. The van der Waals surface area contributed by atoms with Crippen LogP contribution in [-0.4, -0.2) is 31.9 Å². The minimum atomic E-state index is 0.185. The normalized spacial score (nSPS) is 12.5. The van der Waals surface area contributed by atoms with Gasteiger partial charge in [-0.25, -0.2) is 0 Å². The van der Waals surface area contributed by atoms with Crippen LogP contribution < -0.4 is 4.90 Å². The number of rotatable bonds is 7. The minimum Gasteiger partial charge on any atom is -0.399 e. The van der Waals surface area contributed by atoms with Crippen LogP contribution in [-0.2, 0) is 4.84 Å². The predicted octanol–water partition coefficient (Wildman–Crippen LogP) is 4.72. The van der Waals surface area contributed by atoms with Gasteiger partial charge in [0.2, 0.25) is 0 Å². The van der Waals surface area contributed by atoms with Crippen molar-refractivity contribution in [2.45, 2.75) is 12.3 Å². The number of anilines is 1. The van der Waals surface area contributed by atoms with Crippen LogP contribution in [0, 0.1) is 0 Å². The van der Waals surface area contributed by atoms with Crippen molar-refractivity contribution < 1.29 is 4.84 Å². The third kappa shape index (κ3) is 4.73. The largest absolute Gasteiger partial charge is 0.399 e. The highest BCUT2D eigenvalue weighted by Crippen LogP contribution is 2.31. The van der Waals surface area contributed by atoms with Gasteiger partial charge in [0.25, 0.3) is 0 Å². The fourth-order valence-electron chi connectivity index (χ4n) is 3.17. The highest BCUT2D eigenvalue weighted by atomic mass is 16.6. The van der Waals surface area contributed by atoms with Gasteiger partial charge in [-0.15, -0.1) is 0 Å². The van der Waals surface area contributed by atoms with E-state index in [1.807, 2.05) is 18.2 Å². The summed E-state index contributed by atoms with van der Waals surface area (Å²) in [4.78, 5) is 11.4. The Hall–Kier alpha value is -3.14. The number of pyridine rings is 1. The molecule has 0 N–H and O–H groups in total. The fourth-order valence-corrected chi connectivity index (χ4v) is 3.17. The predicted molar refractivity (Wildman–Crippen MR) is 111 cm³/mol. The lowest BCUT2D eigenvalue weighted by Crippen LogP contribution is -2.12. The SMILES string of the molecule is CO/N=C(\CC(c1ccccc1)c1ccc(N(C)C)cc1)c1ccncc1. The summed E-state index contributed by atoms with van der Waals surface area (Å²) in [7, 11) is 5.69. The van der Waals surface area contributed by atoms with Crippen molar-refractivity contribution >= 4 is 11.4 Å². The lowest BCUT2D eigenvalue weighted by molar-refractivity contribution is 0.212. The van der Waals surface area contributed by atoms with Crippen LogP contribution in [0.1, 0.15) is 29.0 Å². The second-order valence-electron chi connectivity index (χ2n) is 6.61. The van der Waals surface area contributed by atoms with E-state index in [1.54, 1.807) is 19.5 Å². The van der Waals surface area contributed by atoms with E-state index in [9.17, 15) is 0 Å². The van der Waals surface area contributed by atoms with Crippen molar-refractivity contribution in [1.82, 2.24) is 4.98 Å². The maximum Gasteiger partial charge on any atom is 0.106 e. The van der Waals surface area contributed by atoms with Crippen molar-refractivity contribution in [3.05, 3.63) is 95.8 Å². The van der Waals surface area contributed by atoms with E-state index in [4.69, 9.17) is 4.84 Å². The maximum atomic E-state index is 5.14. The molecule has 3 aromatic rings. The molecule has 0 amide bonds. The first-order chi connectivity index (χ1) is 13.2. The smallest absolute Gasteiger partial charge is 0.106 e.